The Bertz CT molecular complexity index is 309. The molecule has 0 heterocycles. The van der Waals surface area contributed by atoms with E-state index in [1.807, 2.05) is 0 Å². The first kappa shape index (κ1) is 13.8. The minimum absolute atomic E-state index is 0.154. The number of nitrogens with zero attached hydrogens (tertiary/aromatic N) is 2. The zero-order chi connectivity index (χ0) is 12.5. The summed E-state index contributed by atoms with van der Waals surface area (Å²) in [6, 6.07) is 0.154. The van der Waals surface area contributed by atoms with E-state index in [1.165, 1.54) is 0 Å². The number of hydrogen-bond donors (Lipinski definition) is 0. The van der Waals surface area contributed by atoms with Crippen molar-refractivity contribution >= 4 is 12.2 Å². The van der Waals surface area contributed by atoms with Crippen molar-refractivity contribution in [2.45, 2.75) is 51.5 Å². The second kappa shape index (κ2) is 7.94. The molecule has 1 aliphatic carbocycles. The van der Waals surface area contributed by atoms with Gasteiger partial charge in [-0.05, 0) is 37.5 Å². The molecule has 0 amide bonds. The van der Waals surface area contributed by atoms with Crippen molar-refractivity contribution in [1.29, 1.82) is 0 Å². The lowest BCUT2D eigenvalue weighted by Crippen LogP contribution is -2.24. The lowest BCUT2D eigenvalue weighted by Gasteiger charge is -2.30. The molecule has 0 spiro atoms. The van der Waals surface area contributed by atoms with Gasteiger partial charge in [0.15, 0.2) is 0 Å². The van der Waals surface area contributed by atoms with E-state index >= 15 is 0 Å². The molecule has 17 heavy (non-hydrogen) atoms. The third-order valence-corrected chi connectivity index (χ3v) is 3.79. The van der Waals surface area contributed by atoms with Crippen molar-refractivity contribution in [3.63, 3.8) is 0 Å². The zero-order valence-corrected chi connectivity index (χ0v) is 10.4. The molecule has 0 radical (unpaired) electrons. The fraction of sp³-hybridized carbons (Fsp3) is 0.846. The molecule has 0 saturated heterocycles. The van der Waals surface area contributed by atoms with Crippen LogP contribution in [-0.4, -0.2) is 24.7 Å². The Morgan fingerprint density at radius 2 is 1.88 bits per heavy atom. The highest BCUT2D eigenvalue weighted by molar-refractivity contribution is 5.33. The first-order valence-corrected chi connectivity index (χ1v) is 6.42. The van der Waals surface area contributed by atoms with E-state index in [4.69, 9.17) is 0 Å². The van der Waals surface area contributed by atoms with Crippen molar-refractivity contribution in [1.82, 2.24) is 0 Å². The summed E-state index contributed by atoms with van der Waals surface area (Å²) < 4.78 is 0. The number of hydrogen-bond acceptors (Lipinski definition) is 4. The molecular weight excluding hydrogens is 216 g/mol. The maximum Gasteiger partial charge on any atom is 0.235 e. The third kappa shape index (κ3) is 4.64. The van der Waals surface area contributed by atoms with Gasteiger partial charge in [-0.3, -0.25) is 0 Å². The molecule has 0 aromatic heterocycles. The smallest absolute Gasteiger partial charge is 0.211 e. The molecule has 4 heteroatoms. The molecule has 0 aromatic carbocycles. The van der Waals surface area contributed by atoms with Gasteiger partial charge in [-0.25, -0.2) is 19.6 Å². The predicted molar refractivity (Wildman–Crippen MR) is 65.3 cm³/mol. The van der Waals surface area contributed by atoms with Crippen LogP contribution in [0.2, 0.25) is 0 Å². The van der Waals surface area contributed by atoms with Gasteiger partial charge >= 0.3 is 0 Å². The number of rotatable bonds is 6. The van der Waals surface area contributed by atoms with Crippen LogP contribution in [0.4, 0.5) is 0 Å². The fourth-order valence-electron chi connectivity index (χ4n) is 2.75. The van der Waals surface area contributed by atoms with Crippen LogP contribution in [0.3, 0.4) is 0 Å². The van der Waals surface area contributed by atoms with Crippen molar-refractivity contribution in [3.05, 3.63) is 0 Å². The summed E-state index contributed by atoms with van der Waals surface area (Å²) in [6.07, 6.45) is 9.72. The molecule has 0 aromatic rings. The van der Waals surface area contributed by atoms with Gasteiger partial charge in [0.2, 0.25) is 12.2 Å². The average molecular weight is 236 g/mol. The van der Waals surface area contributed by atoms with Gasteiger partial charge in [-0.2, -0.15) is 0 Å². The van der Waals surface area contributed by atoms with E-state index in [2.05, 4.69) is 16.9 Å². The quantitative estimate of drug-likeness (QED) is 0.525. The maximum atomic E-state index is 10.3. The van der Waals surface area contributed by atoms with Crippen molar-refractivity contribution in [2.75, 3.05) is 6.54 Å². The summed E-state index contributed by atoms with van der Waals surface area (Å²) >= 11 is 0. The summed E-state index contributed by atoms with van der Waals surface area (Å²) in [7, 11) is 0. The summed E-state index contributed by atoms with van der Waals surface area (Å²) in [5, 5.41) is 0. The normalized spacial score (nSPS) is 25.5. The largest absolute Gasteiger partial charge is 0.235 e. The lowest BCUT2D eigenvalue weighted by atomic mass is 9.77. The first-order chi connectivity index (χ1) is 8.31. The number of aliphatic imine (C=N–C) groups is 2. The monoisotopic (exact) mass is 236 g/mol. The minimum Gasteiger partial charge on any atom is -0.211 e. The Morgan fingerprint density at radius 3 is 2.41 bits per heavy atom. The highest BCUT2D eigenvalue weighted by atomic mass is 16.1. The standard InChI is InChI=1S/C13H20N2O2/c1-2-13(15-10-17)12-5-3-11(4-6-12)7-8-14-9-16/h11-13H,2-8H2,1H3. The van der Waals surface area contributed by atoms with Gasteiger partial charge in [-0.1, -0.05) is 19.8 Å². The Hall–Kier alpha value is -1.24. The van der Waals surface area contributed by atoms with Crippen LogP contribution in [0, 0.1) is 11.8 Å². The van der Waals surface area contributed by atoms with Gasteiger partial charge in [-0.15, -0.1) is 0 Å². The van der Waals surface area contributed by atoms with E-state index in [1.54, 1.807) is 12.2 Å². The van der Waals surface area contributed by atoms with E-state index in [0.29, 0.717) is 18.4 Å². The van der Waals surface area contributed by atoms with Crippen molar-refractivity contribution in [3.8, 4) is 0 Å². The van der Waals surface area contributed by atoms with Crippen molar-refractivity contribution < 1.29 is 9.59 Å². The minimum atomic E-state index is 0.154. The topological polar surface area (TPSA) is 58.9 Å². The van der Waals surface area contributed by atoms with Crippen molar-refractivity contribution in [2.24, 2.45) is 21.8 Å². The molecule has 0 bridgehead atoms. The van der Waals surface area contributed by atoms with Crippen LogP contribution in [0.25, 0.3) is 0 Å². The predicted octanol–water partition coefficient (Wildman–Crippen LogP) is 2.63. The molecule has 0 aliphatic heterocycles. The van der Waals surface area contributed by atoms with Crippen LogP contribution in [-0.2, 0) is 9.59 Å². The molecule has 1 atom stereocenters. The summed E-state index contributed by atoms with van der Waals surface area (Å²) in [5.74, 6) is 1.20. The van der Waals surface area contributed by atoms with Gasteiger partial charge in [0.25, 0.3) is 0 Å². The molecular formula is C13H20N2O2. The van der Waals surface area contributed by atoms with Crippen LogP contribution >= 0.6 is 0 Å². The summed E-state index contributed by atoms with van der Waals surface area (Å²) in [5.41, 5.74) is 0. The molecule has 1 saturated carbocycles. The van der Waals surface area contributed by atoms with E-state index < -0.39 is 0 Å². The molecule has 1 unspecified atom stereocenters. The van der Waals surface area contributed by atoms with Crippen LogP contribution in [0.1, 0.15) is 45.4 Å². The van der Waals surface area contributed by atoms with Crippen LogP contribution < -0.4 is 0 Å². The van der Waals surface area contributed by atoms with Gasteiger partial charge in [0.1, 0.15) is 0 Å². The first-order valence-electron chi connectivity index (χ1n) is 6.42. The average Bonchev–Trinajstić information content (AvgIpc) is 2.37. The molecule has 1 rings (SSSR count). The van der Waals surface area contributed by atoms with E-state index in [-0.39, 0.29) is 6.04 Å². The van der Waals surface area contributed by atoms with Crippen LogP contribution in [0.5, 0.6) is 0 Å². The maximum absolute atomic E-state index is 10.3. The fourth-order valence-corrected chi connectivity index (χ4v) is 2.75. The molecule has 1 aliphatic rings. The number of carbonyl (C=O) groups excluding carboxylic acids is 2. The Kier molecular flexibility index (Phi) is 6.46. The Labute approximate surface area is 102 Å². The Morgan fingerprint density at radius 1 is 1.18 bits per heavy atom. The molecule has 4 nitrogen and oxygen atoms in total. The van der Waals surface area contributed by atoms with Crippen LogP contribution in [0.15, 0.2) is 9.98 Å². The van der Waals surface area contributed by atoms with E-state index in [0.717, 1.165) is 38.5 Å². The summed E-state index contributed by atoms with van der Waals surface area (Å²) in [4.78, 5) is 27.8. The zero-order valence-electron chi connectivity index (χ0n) is 10.4. The second-order valence-electron chi connectivity index (χ2n) is 4.74. The third-order valence-electron chi connectivity index (χ3n) is 3.79. The van der Waals surface area contributed by atoms with Gasteiger partial charge in [0.05, 0.1) is 12.6 Å². The SMILES string of the molecule is CCC(N=C=O)C1CCC(CCN=C=O)CC1. The van der Waals surface area contributed by atoms with E-state index in [9.17, 15) is 9.59 Å². The number of isocyanates is 2. The second-order valence-corrected chi connectivity index (χ2v) is 4.74. The lowest BCUT2D eigenvalue weighted by molar-refractivity contribution is 0.234. The Balaban J connectivity index is 2.33. The highest BCUT2D eigenvalue weighted by Crippen LogP contribution is 2.34. The molecule has 0 N–H and O–H groups in total. The molecule has 1 fully saturated rings. The van der Waals surface area contributed by atoms with Gasteiger partial charge in [0, 0.05) is 0 Å². The molecule has 94 valence electrons. The highest BCUT2D eigenvalue weighted by Gasteiger charge is 2.26. The summed E-state index contributed by atoms with van der Waals surface area (Å²) in [6.45, 7) is 2.67. The van der Waals surface area contributed by atoms with Gasteiger partial charge < -0.3 is 0 Å².